The second kappa shape index (κ2) is 5.35. The van der Waals surface area contributed by atoms with E-state index in [0.29, 0.717) is 12.0 Å². The molecule has 0 aromatic heterocycles. The van der Waals surface area contributed by atoms with Crippen LogP contribution in [0.25, 0.3) is 0 Å². The van der Waals surface area contributed by atoms with Gasteiger partial charge in [0.2, 0.25) is 5.91 Å². The second-order valence-corrected chi connectivity index (χ2v) is 6.96. The molecule has 112 valence electrons. The van der Waals surface area contributed by atoms with Crippen LogP contribution in [0, 0.1) is 5.92 Å². The third-order valence-electron chi connectivity index (χ3n) is 4.86. The van der Waals surface area contributed by atoms with E-state index in [2.05, 4.69) is 44.2 Å². The van der Waals surface area contributed by atoms with Crippen molar-refractivity contribution in [3.8, 4) is 0 Å². The lowest BCUT2D eigenvalue weighted by atomic mass is 9.89. The Morgan fingerprint density at radius 2 is 2.24 bits per heavy atom. The summed E-state index contributed by atoms with van der Waals surface area (Å²) in [4.78, 5) is 14.9. The number of hydrogen-bond acceptors (Lipinski definition) is 4. The van der Waals surface area contributed by atoms with Gasteiger partial charge in [-0.05, 0) is 37.1 Å². The van der Waals surface area contributed by atoms with E-state index in [1.54, 1.807) is 0 Å². The maximum Gasteiger partial charge on any atom is 0.245 e. The van der Waals surface area contributed by atoms with Crippen LogP contribution in [0.15, 0.2) is 22.7 Å². The summed E-state index contributed by atoms with van der Waals surface area (Å²) >= 11 is 3.50. The third kappa shape index (κ3) is 2.30. The molecule has 2 fully saturated rings. The number of rotatable bonds is 1. The van der Waals surface area contributed by atoms with Crippen molar-refractivity contribution in [3.05, 3.63) is 28.2 Å². The zero-order valence-electron chi connectivity index (χ0n) is 11.7. The Labute approximate surface area is 132 Å². The van der Waals surface area contributed by atoms with Gasteiger partial charge in [0.25, 0.3) is 0 Å². The molecule has 3 atom stereocenters. The van der Waals surface area contributed by atoms with Crippen molar-refractivity contribution < 1.29 is 4.79 Å². The largest absolute Gasteiger partial charge is 0.316 e. The summed E-state index contributed by atoms with van der Waals surface area (Å²) in [5.41, 5.74) is 8.85. The van der Waals surface area contributed by atoms with Crippen LogP contribution in [-0.4, -0.2) is 37.6 Å². The van der Waals surface area contributed by atoms with Crippen molar-refractivity contribution in [2.45, 2.75) is 24.9 Å². The highest BCUT2D eigenvalue weighted by atomic mass is 79.9. The van der Waals surface area contributed by atoms with E-state index in [0.717, 1.165) is 42.6 Å². The van der Waals surface area contributed by atoms with Gasteiger partial charge < -0.3 is 10.2 Å². The zero-order chi connectivity index (χ0) is 14.4. The summed E-state index contributed by atoms with van der Waals surface area (Å²) < 4.78 is 1.02. The number of benzene rings is 1. The molecule has 5 nitrogen and oxygen atoms in total. The molecule has 0 spiro atoms. The highest BCUT2D eigenvalue weighted by molar-refractivity contribution is 9.10. The summed E-state index contributed by atoms with van der Waals surface area (Å²) in [5.74, 6) is 0.526. The van der Waals surface area contributed by atoms with Crippen molar-refractivity contribution in [2.75, 3.05) is 24.5 Å². The summed E-state index contributed by atoms with van der Waals surface area (Å²) in [7, 11) is 0. The van der Waals surface area contributed by atoms with Gasteiger partial charge in [0.05, 0.1) is 0 Å². The smallest absolute Gasteiger partial charge is 0.245 e. The molecule has 0 bridgehead atoms. The van der Waals surface area contributed by atoms with Gasteiger partial charge in [-0.1, -0.05) is 22.0 Å². The van der Waals surface area contributed by atoms with E-state index >= 15 is 0 Å². The van der Waals surface area contributed by atoms with E-state index in [9.17, 15) is 4.79 Å². The van der Waals surface area contributed by atoms with Crippen LogP contribution in [0.2, 0.25) is 0 Å². The van der Waals surface area contributed by atoms with Gasteiger partial charge >= 0.3 is 0 Å². The van der Waals surface area contributed by atoms with Crippen LogP contribution < -0.4 is 21.1 Å². The van der Waals surface area contributed by atoms with Crippen molar-refractivity contribution in [2.24, 2.45) is 5.92 Å². The first kappa shape index (κ1) is 13.7. The number of anilines is 1. The third-order valence-corrected chi connectivity index (χ3v) is 5.35. The Kier molecular flexibility index (Phi) is 3.49. The normalized spacial score (nSPS) is 31.1. The van der Waals surface area contributed by atoms with Gasteiger partial charge in [-0.15, -0.1) is 0 Å². The van der Waals surface area contributed by atoms with Crippen molar-refractivity contribution in [3.63, 3.8) is 0 Å². The maximum absolute atomic E-state index is 13.0. The fourth-order valence-electron chi connectivity index (χ4n) is 3.71. The Hall–Kier alpha value is -0.950. The number of hydrazine groups is 1. The number of carbonyl (C=O) groups excluding carboxylic acids is 1. The molecule has 1 aromatic rings. The molecule has 3 aliphatic heterocycles. The number of nitrogens with zero attached hydrogens (tertiary/aromatic N) is 1. The predicted octanol–water partition coefficient (Wildman–Crippen LogP) is 0.793. The number of amides is 1. The Morgan fingerprint density at radius 1 is 1.33 bits per heavy atom. The number of carbonyl (C=O) groups is 1. The lowest BCUT2D eigenvalue weighted by Gasteiger charge is -2.29. The van der Waals surface area contributed by atoms with Gasteiger partial charge in [0.15, 0.2) is 0 Å². The van der Waals surface area contributed by atoms with E-state index in [1.807, 2.05) is 11.0 Å². The quantitative estimate of drug-likeness (QED) is 0.701. The summed E-state index contributed by atoms with van der Waals surface area (Å²) in [6.07, 6.45) is 2.02. The molecule has 1 amide bonds. The van der Waals surface area contributed by atoms with Crippen LogP contribution in [0.4, 0.5) is 5.69 Å². The Bertz CT molecular complexity index is 579. The fraction of sp³-hybridized carbons (Fsp3) is 0.533. The van der Waals surface area contributed by atoms with Crippen molar-refractivity contribution in [1.29, 1.82) is 0 Å². The van der Waals surface area contributed by atoms with Gasteiger partial charge in [-0.2, -0.15) is 0 Å². The number of hydrogen-bond donors (Lipinski definition) is 3. The molecule has 1 aromatic carbocycles. The number of halogens is 1. The zero-order valence-corrected chi connectivity index (χ0v) is 13.3. The summed E-state index contributed by atoms with van der Waals surface area (Å²) in [5, 5.41) is 3.40. The molecular formula is C15H19BrN4O. The number of nitrogens with one attached hydrogen (secondary N) is 3. The van der Waals surface area contributed by atoms with E-state index in [1.165, 1.54) is 5.56 Å². The molecular weight excluding hydrogens is 332 g/mol. The molecule has 3 heterocycles. The van der Waals surface area contributed by atoms with Crippen LogP contribution in [-0.2, 0) is 11.2 Å². The highest BCUT2D eigenvalue weighted by Crippen LogP contribution is 2.32. The second-order valence-electron chi connectivity index (χ2n) is 6.04. The molecule has 4 rings (SSSR count). The number of piperidine rings is 1. The molecule has 2 saturated heterocycles. The van der Waals surface area contributed by atoms with Crippen molar-refractivity contribution >= 4 is 27.5 Å². The first-order valence-electron chi connectivity index (χ1n) is 7.55. The number of fused-ring (bicyclic) bond motifs is 2. The van der Waals surface area contributed by atoms with Gasteiger partial charge in [-0.25, -0.2) is 5.43 Å². The minimum Gasteiger partial charge on any atom is -0.316 e. The van der Waals surface area contributed by atoms with Crippen LogP contribution in [0.1, 0.15) is 12.0 Å². The minimum atomic E-state index is -0.132. The Balaban J connectivity index is 1.58. The average Bonchev–Trinajstić information content (AvgIpc) is 3.10. The average molecular weight is 351 g/mol. The van der Waals surface area contributed by atoms with Crippen molar-refractivity contribution in [1.82, 2.24) is 16.2 Å². The van der Waals surface area contributed by atoms with Crippen LogP contribution >= 0.6 is 15.9 Å². The first-order valence-corrected chi connectivity index (χ1v) is 8.35. The van der Waals surface area contributed by atoms with Gasteiger partial charge in [0, 0.05) is 35.2 Å². The summed E-state index contributed by atoms with van der Waals surface area (Å²) in [6, 6.07) is 6.48. The minimum absolute atomic E-state index is 0.132. The topological polar surface area (TPSA) is 56.4 Å². The first-order chi connectivity index (χ1) is 10.2. The molecule has 0 saturated carbocycles. The molecule has 3 N–H and O–H groups in total. The monoisotopic (exact) mass is 350 g/mol. The summed E-state index contributed by atoms with van der Waals surface area (Å²) in [6.45, 7) is 2.71. The molecule has 3 unspecified atom stereocenters. The highest BCUT2D eigenvalue weighted by Gasteiger charge is 2.43. The fourth-order valence-corrected chi connectivity index (χ4v) is 4.06. The van der Waals surface area contributed by atoms with Crippen LogP contribution in [0.5, 0.6) is 0 Å². The van der Waals surface area contributed by atoms with E-state index < -0.39 is 0 Å². The van der Waals surface area contributed by atoms with Gasteiger partial charge in [-0.3, -0.25) is 10.2 Å². The van der Waals surface area contributed by atoms with Crippen LogP contribution in [0.3, 0.4) is 0 Å². The molecule has 6 heteroatoms. The predicted molar refractivity (Wildman–Crippen MR) is 85.0 cm³/mol. The van der Waals surface area contributed by atoms with E-state index in [-0.39, 0.29) is 11.9 Å². The standard InChI is InChI=1S/C15H19BrN4O/c16-10-2-1-9-4-6-20(13(9)7-10)15(21)14-11-8-17-5-3-12(11)18-19-14/h1-2,7,11-12,14,17-19H,3-6,8H2. The van der Waals surface area contributed by atoms with E-state index in [4.69, 9.17) is 0 Å². The molecule has 21 heavy (non-hydrogen) atoms. The molecule has 0 radical (unpaired) electrons. The lowest BCUT2D eigenvalue weighted by Crippen LogP contribution is -2.50. The SMILES string of the molecule is O=C(C1NNC2CCNCC21)N1CCc2ccc(Br)cc21. The molecule has 3 aliphatic rings. The van der Waals surface area contributed by atoms with Gasteiger partial charge in [0.1, 0.15) is 6.04 Å². The lowest BCUT2D eigenvalue weighted by molar-refractivity contribution is -0.121. The maximum atomic E-state index is 13.0. The Morgan fingerprint density at radius 3 is 3.14 bits per heavy atom. The molecule has 0 aliphatic carbocycles.